The number of benzene rings is 2. The van der Waals surface area contributed by atoms with Crippen LogP contribution >= 0.6 is 0 Å². The third-order valence-electron chi connectivity index (χ3n) is 7.70. The lowest BCUT2D eigenvalue weighted by molar-refractivity contribution is -0.159. The summed E-state index contributed by atoms with van der Waals surface area (Å²) in [4.78, 5) is 56.6. The van der Waals surface area contributed by atoms with Crippen LogP contribution in [0.15, 0.2) is 42.5 Å². The summed E-state index contributed by atoms with van der Waals surface area (Å²) in [6.07, 6.45) is 1.58. The van der Waals surface area contributed by atoms with Gasteiger partial charge in [0, 0.05) is 14.1 Å². The molecule has 3 atom stereocenters. The number of rotatable bonds is 9. The summed E-state index contributed by atoms with van der Waals surface area (Å²) >= 11 is 0. The van der Waals surface area contributed by atoms with Crippen molar-refractivity contribution in [3.05, 3.63) is 65.0 Å². The van der Waals surface area contributed by atoms with Crippen molar-refractivity contribution in [2.45, 2.75) is 77.6 Å². The molecule has 3 amide bonds. The fraction of sp³-hybridized carbons (Fsp3) is 0.515. The average Bonchev–Trinajstić information content (AvgIpc) is 3.34. The van der Waals surface area contributed by atoms with Crippen LogP contribution < -0.4 is 10.1 Å². The van der Waals surface area contributed by atoms with E-state index < -0.39 is 48.0 Å². The maximum absolute atomic E-state index is 15.4. The van der Waals surface area contributed by atoms with Crippen LogP contribution in [0.3, 0.4) is 0 Å². The molecule has 1 N–H and O–H groups in total. The number of likely N-dealkylation sites (N-methyl/N-ethyl adjacent to an activating group) is 1. The molecule has 0 aromatic heterocycles. The van der Waals surface area contributed by atoms with Crippen molar-refractivity contribution in [1.29, 1.82) is 0 Å². The van der Waals surface area contributed by atoms with Crippen molar-refractivity contribution >= 4 is 23.7 Å². The molecular weight excluding hydrogens is 553 g/mol. The lowest BCUT2D eigenvalue weighted by atomic mass is 9.88. The standard InChI is InChI=1S/C33H42FN3O6/c1-19(2)14-25-30(39)35-28(23-15-20-10-8-9-11-21(20)16-23)31(40)37(25)29(32(41)36(6)7)22-12-13-26(24(34)17-22)42-18-27(38)43-33(3,4)5/h8-13,17,19,23,25,28-29H,14-16,18H2,1-7H3,(H,35,39). The molecule has 1 fully saturated rings. The van der Waals surface area contributed by atoms with E-state index >= 15 is 4.39 Å². The summed E-state index contributed by atoms with van der Waals surface area (Å²) in [6, 6.07) is 8.89. The topological polar surface area (TPSA) is 105 Å². The summed E-state index contributed by atoms with van der Waals surface area (Å²) in [6.45, 7) is 8.52. The van der Waals surface area contributed by atoms with Crippen LogP contribution in [0.1, 0.15) is 63.8 Å². The highest BCUT2D eigenvalue weighted by Crippen LogP contribution is 2.36. The highest BCUT2D eigenvalue weighted by atomic mass is 19.1. The number of piperazine rings is 1. The molecule has 232 valence electrons. The fourth-order valence-corrected chi connectivity index (χ4v) is 5.85. The molecular formula is C33H42FN3O6. The summed E-state index contributed by atoms with van der Waals surface area (Å²) in [5.41, 5.74) is 1.75. The van der Waals surface area contributed by atoms with E-state index in [1.54, 1.807) is 34.9 Å². The first-order chi connectivity index (χ1) is 20.2. The lowest BCUT2D eigenvalue weighted by Crippen LogP contribution is -2.67. The van der Waals surface area contributed by atoms with E-state index in [2.05, 4.69) is 5.32 Å². The molecule has 10 heteroatoms. The number of ether oxygens (including phenoxy) is 2. The Labute approximate surface area is 252 Å². The SMILES string of the molecule is CC(C)CC1C(=O)NC(C2Cc3ccccc3C2)C(=O)N1C(C(=O)N(C)C)c1ccc(OCC(=O)OC(C)(C)C)c(F)c1. The van der Waals surface area contributed by atoms with Crippen molar-refractivity contribution in [2.24, 2.45) is 11.8 Å². The maximum atomic E-state index is 15.4. The molecule has 0 bridgehead atoms. The Morgan fingerprint density at radius 2 is 1.70 bits per heavy atom. The van der Waals surface area contributed by atoms with E-state index in [9.17, 15) is 19.2 Å². The molecule has 2 aromatic carbocycles. The Morgan fingerprint density at radius 1 is 1.07 bits per heavy atom. The van der Waals surface area contributed by atoms with Crippen LogP contribution in [0.4, 0.5) is 4.39 Å². The van der Waals surface area contributed by atoms with Crippen LogP contribution in [-0.4, -0.2) is 71.9 Å². The minimum absolute atomic E-state index is 0.0359. The zero-order chi connectivity index (χ0) is 31.6. The average molecular weight is 596 g/mol. The second-order valence-electron chi connectivity index (χ2n) is 13.0. The van der Waals surface area contributed by atoms with Gasteiger partial charge in [0.25, 0.3) is 0 Å². The summed E-state index contributed by atoms with van der Waals surface area (Å²) in [5.74, 6) is -2.97. The molecule has 1 aliphatic heterocycles. The number of fused-ring (bicyclic) bond motifs is 1. The Hall–Kier alpha value is -3.95. The Morgan fingerprint density at radius 3 is 2.23 bits per heavy atom. The molecule has 43 heavy (non-hydrogen) atoms. The second-order valence-corrected chi connectivity index (χ2v) is 13.0. The quantitative estimate of drug-likeness (QED) is 0.442. The van der Waals surface area contributed by atoms with Crippen molar-refractivity contribution in [3.63, 3.8) is 0 Å². The number of hydrogen-bond donors (Lipinski definition) is 1. The fourth-order valence-electron chi connectivity index (χ4n) is 5.85. The molecule has 0 saturated carbocycles. The number of nitrogens with one attached hydrogen (secondary N) is 1. The first-order valence-corrected chi connectivity index (χ1v) is 14.7. The molecule has 0 spiro atoms. The Bertz CT molecular complexity index is 1360. The van der Waals surface area contributed by atoms with Crippen molar-refractivity contribution < 1.29 is 33.0 Å². The third kappa shape index (κ3) is 7.35. The number of halogens is 1. The third-order valence-corrected chi connectivity index (χ3v) is 7.70. The molecule has 4 rings (SSSR count). The van der Waals surface area contributed by atoms with E-state index in [1.165, 1.54) is 21.9 Å². The van der Waals surface area contributed by atoms with Gasteiger partial charge in [0.1, 0.15) is 23.7 Å². The lowest BCUT2D eigenvalue weighted by Gasteiger charge is -2.45. The number of carbonyl (C=O) groups excluding carboxylic acids is 4. The summed E-state index contributed by atoms with van der Waals surface area (Å²) in [7, 11) is 3.11. The molecule has 0 radical (unpaired) electrons. The van der Waals surface area contributed by atoms with E-state index in [0.29, 0.717) is 19.3 Å². The first-order valence-electron chi connectivity index (χ1n) is 14.7. The normalized spacial score (nSPS) is 19.6. The largest absolute Gasteiger partial charge is 0.479 e. The Balaban J connectivity index is 1.68. The predicted molar refractivity (Wildman–Crippen MR) is 159 cm³/mol. The van der Waals surface area contributed by atoms with Crippen molar-refractivity contribution in [2.75, 3.05) is 20.7 Å². The maximum Gasteiger partial charge on any atom is 0.344 e. The zero-order valence-corrected chi connectivity index (χ0v) is 26.0. The van der Waals surface area contributed by atoms with E-state index in [1.807, 2.05) is 38.1 Å². The van der Waals surface area contributed by atoms with Crippen LogP contribution in [0.25, 0.3) is 0 Å². The van der Waals surface area contributed by atoms with Gasteiger partial charge in [-0.15, -0.1) is 0 Å². The number of amides is 3. The molecule has 2 aromatic rings. The van der Waals surface area contributed by atoms with E-state index in [4.69, 9.17) is 9.47 Å². The van der Waals surface area contributed by atoms with Gasteiger partial charge < -0.3 is 24.6 Å². The molecule has 1 aliphatic carbocycles. The van der Waals surface area contributed by atoms with Crippen LogP contribution in [0, 0.1) is 17.7 Å². The van der Waals surface area contributed by atoms with Gasteiger partial charge in [-0.2, -0.15) is 0 Å². The molecule has 3 unspecified atom stereocenters. The van der Waals surface area contributed by atoms with Crippen LogP contribution in [0.2, 0.25) is 0 Å². The van der Waals surface area contributed by atoms with Crippen molar-refractivity contribution in [3.8, 4) is 5.75 Å². The van der Waals surface area contributed by atoms with E-state index in [0.717, 1.165) is 17.2 Å². The van der Waals surface area contributed by atoms with E-state index in [-0.39, 0.29) is 35.0 Å². The van der Waals surface area contributed by atoms with Gasteiger partial charge in [0.15, 0.2) is 18.2 Å². The molecule has 2 aliphatic rings. The van der Waals surface area contributed by atoms with Gasteiger partial charge in [-0.25, -0.2) is 9.18 Å². The molecule has 1 saturated heterocycles. The second kappa shape index (κ2) is 12.7. The smallest absolute Gasteiger partial charge is 0.344 e. The summed E-state index contributed by atoms with van der Waals surface area (Å²) < 4.78 is 26.0. The predicted octanol–water partition coefficient (Wildman–Crippen LogP) is 3.83. The molecule has 9 nitrogen and oxygen atoms in total. The number of hydrogen-bond acceptors (Lipinski definition) is 6. The van der Waals surface area contributed by atoms with Gasteiger partial charge in [0.05, 0.1) is 0 Å². The van der Waals surface area contributed by atoms with Gasteiger partial charge in [0.2, 0.25) is 17.7 Å². The van der Waals surface area contributed by atoms with Gasteiger partial charge in [-0.1, -0.05) is 44.2 Å². The van der Waals surface area contributed by atoms with Gasteiger partial charge >= 0.3 is 5.97 Å². The highest BCUT2D eigenvalue weighted by Gasteiger charge is 2.49. The Kier molecular flexibility index (Phi) is 9.47. The van der Waals surface area contributed by atoms with Crippen molar-refractivity contribution in [1.82, 2.24) is 15.1 Å². The summed E-state index contributed by atoms with van der Waals surface area (Å²) in [5, 5.41) is 2.97. The highest BCUT2D eigenvalue weighted by molar-refractivity contribution is 6.00. The van der Waals surface area contributed by atoms with Gasteiger partial charge in [-0.05, 0) is 80.7 Å². The minimum Gasteiger partial charge on any atom is -0.479 e. The van der Waals surface area contributed by atoms with Gasteiger partial charge in [-0.3, -0.25) is 14.4 Å². The molecule has 1 heterocycles. The first kappa shape index (κ1) is 32.0. The van der Waals surface area contributed by atoms with Crippen LogP contribution in [-0.2, 0) is 36.8 Å². The number of nitrogens with zero attached hydrogens (tertiary/aromatic N) is 2. The zero-order valence-electron chi connectivity index (χ0n) is 26.0. The van der Waals surface area contributed by atoms with Crippen LogP contribution in [0.5, 0.6) is 5.75 Å². The number of esters is 1. The number of carbonyl (C=O) groups is 4. The minimum atomic E-state index is -1.25. The monoisotopic (exact) mass is 595 g/mol.